The third kappa shape index (κ3) is 1.68. The molecule has 0 aromatic heterocycles. The van der Waals surface area contributed by atoms with Gasteiger partial charge >= 0.3 is 0 Å². The summed E-state index contributed by atoms with van der Waals surface area (Å²) in [6.45, 7) is 2.09. The van der Waals surface area contributed by atoms with Crippen LogP contribution in [0.15, 0.2) is 29.2 Å². The highest BCUT2D eigenvalue weighted by Gasteiger charge is 1.82. The molecule has 0 saturated heterocycles. The van der Waals surface area contributed by atoms with Gasteiger partial charge in [-0.3, -0.25) is 0 Å². The summed E-state index contributed by atoms with van der Waals surface area (Å²) < 4.78 is 0. The van der Waals surface area contributed by atoms with Crippen LogP contribution in [0.5, 0.6) is 0 Å². The van der Waals surface area contributed by atoms with E-state index in [0.717, 1.165) is 11.4 Å². The smallest absolute Gasteiger partial charge is 0.00170 e. The second-order valence-corrected chi connectivity index (χ2v) is 2.83. The molecule has 1 rings (SSSR count). The molecule has 0 atom stereocenters. The summed E-state index contributed by atoms with van der Waals surface area (Å²) >= 11 is 1.10. The number of aryl methyl sites for hydroxylation is 1. The van der Waals surface area contributed by atoms with Crippen molar-refractivity contribution in [2.24, 2.45) is 0 Å². The van der Waals surface area contributed by atoms with Gasteiger partial charge in [0, 0.05) is 0 Å². The lowest BCUT2D eigenvalue weighted by molar-refractivity contribution is 1.39. The Hall–Kier alpha value is -0.560. The lowest BCUT2D eigenvalue weighted by Crippen LogP contribution is -1.68. The van der Waals surface area contributed by atoms with Crippen LogP contribution in [0.25, 0.3) is 0 Å². The standard InChI is InChI=1S/C8H10S/c1-7-3-5-8(9-2)6-4-7/h3-6,9H,2H2,1H3. The van der Waals surface area contributed by atoms with Crippen LogP contribution in [-0.2, 0) is 0 Å². The number of hydrogen-bond acceptors (Lipinski definition) is 0. The maximum absolute atomic E-state index is 3.76. The molecule has 0 fully saturated rings. The monoisotopic (exact) mass is 138 g/mol. The maximum Gasteiger partial charge on any atom is -0.00170 e. The van der Waals surface area contributed by atoms with E-state index in [0.29, 0.717) is 0 Å². The summed E-state index contributed by atoms with van der Waals surface area (Å²) in [5, 5.41) is 0. The molecule has 9 heavy (non-hydrogen) atoms. The Morgan fingerprint density at radius 1 is 1.22 bits per heavy atom. The largest absolute Gasteiger partial charge is 0.177 e. The van der Waals surface area contributed by atoms with Crippen molar-refractivity contribution >= 4 is 17.2 Å². The Morgan fingerprint density at radius 3 is 2.22 bits per heavy atom. The topological polar surface area (TPSA) is 0 Å². The van der Waals surface area contributed by atoms with E-state index >= 15 is 0 Å². The fourth-order valence-corrected chi connectivity index (χ4v) is 1.01. The molecule has 0 aliphatic rings. The van der Waals surface area contributed by atoms with Gasteiger partial charge in [0.05, 0.1) is 0 Å². The number of hydrogen-bond donors (Lipinski definition) is 1. The van der Waals surface area contributed by atoms with E-state index in [1.807, 2.05) is 0 Å². The van der Waals surface area contributed by atoms with Crippen molar-refractivity contribution in [1.29, 1.82) is 0 Å². The first-order valence-corrected chi connectivity index (χ1v) is 3.94. The first-order valence-electron chi connectivity index (χ1n) is 2.86. The minimum absolute atomic E-state index is 1.10. The van der Waals surface area contributed by atoms with Gasteiger partial charge in [-0.2, -0.15) is 11.4 Å². The normalized spacial score (nSPS) is 9.44. The van der Waals surface area contributed by atoms with Gasteiger partial charge in [-0.1, -0.05) is 23.6 Å². The molecule has 1 aromatic rings. The van der Waals surface area contributed by atoms with Gasteiger partial charge in [0.2, 0.25) is 0 Å². The van der Waals surface area contributed by atoms with Crippen molar-refractivity contribution in [2.75, 3.05) is 0 Å². The SMILES string of the molecule is C=[SH]c1ccc(C)cc1. The summed E-state index contributed by atoms with van der Waals surface area (Å²) in [5.74, 6) is 3.76. The van der Waals surface area contributed by atoms with Gasteiger partial charge in [-0.25, -0.2) is 0 Å². The maximum atomic E-state index is 3.76. The first-order chi connectivity index (χ1) is 4.33. The van der Waals surface area contributed by atoms with Crippen molar-refractivity contribution in [3.63, 3.8) is 0 Å². The van der Waals surface area contributed by atoms with Crippen LogP contribution in [0.4, 0.5) is 0 Å². The summed E-state index contributed by atoms with van der Waals surface area (Å²) in [5.41, 5.74) is 1.31. The van der Waals surface area contributed by atoms with Crippen LogP contribution in [0.3, 0.4) is 0 Å². The van der Waals surface area contributed by atoms with Crippen LogP contribution in [-0.4, -0.2) is 5.87 Å². The molecule has 0 spiro atoms. The van der Waals surface area contributed by atoms with Crippen LogP contribution in [0.2, 0.25) is 0 Å². The van der Waals surface area contributed by atoms with E-state index in [-0.39, 0.29) is 0 Å². The fraction of sp³-hybridized carbons (Fsp3) is 0.125. The highest BCUT2D eigenvalue weighted by atomic mass is 32.1. The molecule has 0 nitrogen and oxygen atoms in total. The van der Waals surface area contributed by atoms with Gasteiger partial charge in [-0.15, -0.1) is 0 Å². The summed E-state index contributed by atoms with van der Waals surface area (Å²) in [6.07, 6.45) is 0. The molecule has 48 valence electrons. The Balaban J connectivity index is 3.01. The molecule has 0 aliphatic heterocycles. The second-order valence-electron chi connectivity index (χ2n) is 1.99. The highest BCUT2D eigenvalue weighted by Crippen LogP contribution is 2.08. The van der Waals surface area contributed by atoms with E-state index in [9.17, 15) is 0 Å². The molecule has 1 heteroatoms. The molecule has 0 N–H and O–H groups in total. The molecule has 0 heterocycles. The zero-order chi connectivity index (χ0) is 6.69. The van der Waals surface area contributed by atoms with Crippen molar-refractivity contribution in [1.82, 2.24) is 0 Å². The molecule has 0 bridgehead atoms. The van der Waals surface area contributed by atoms with Gasteiger partial charge in [0.25, 0.3) is 0 Å². The Labute approximate surface area is 59.5 Å². The molecule has 0 radical (unpaired) electrons. The quantitative estimate of drug-likeness (QED) is 0.446. The van der Waals surface area contributed by atoms with Crippen molar-refractivity contribution in [3.8, 4) is 0 Å². The number of thiol groups is 1. The van der Waals surface area contributed by atoms with Crippen molar-refractivity contribution < 1.29 is 0 Å². The summed E-state index contributed by atoms with van der Waals surface area (Å²) in [6, 6.07) is 8.41. The Bertz CT molecular complexity index is 198. The third-order valence-electron chi connectivity index (χ3n) is 1.22. The molecule has 0 saturated carbocycles. The van der Waals surface area contributed by atoms with Crippen LogP contribution >= 0.6 is 11.4 Å². The fourth-order valence-electron chi connectivity index (χ4n) is 0.650. The molecule has 1 aromatic carbocycles. The Morgan fingerprint density at radius 2 is 1.78 bits per heavy atom. The van der Waals surface area contributed by atoms with Crippen LogP contribution < -0.4 is 0 Å². The minimum atomic E-state index is 1.10. The van der Waals surface area contributed by atoms with E-state index in [4.69, 9.17) is 0 Å². The minimum Gasteiger partial charge on any atom is -0.177 e. The second kappa shape index (κ2) is 2.83. The zero-order valence-electron chi connectivity index (χ0n) is 5.46. The average molecular weight is 138 g/mol. The van der Waals surface area contributed by atoms with E-state index in [1.165, 1.54) is 10.5 Å². The van der Waals surface area contributed by atoms with Gasteiger partial charge < -0.3 is 0 Å². The summed E-state index contributed by atoms with van der Waals surface area (Å²) in [7, 11) is 0. The highest BCUT2D eigenvalue weighted by molar-refractivity contribution is 7.96. The van der Waals surface area contributed by atoms with Crippen LogP contribution in [0.1, 0.15) is 5.56 Å². The van der Waals surface area contributed by atoms with Crippen molar-refractivity contribution in [3.05, 3.63) is 29.8 Å². The lowest BCUT2D eigenvalue weighted by atomic mass is 10.2. The van der Waals surface area contributed by atoms with Gasteiger partial charge in [-0.05, 0) is 24.0 Å². The Kier molecular flexibility index (Phi) is 2.06. The van der Waals surface area contributed by atoms with Crippen molar-refractivity contribution in [2.45, 2.75) is 11.8 Å². The van der Waals surface area contributed by atoms with E-state index in [1.54, 1.807) is 0 Å². The predicted molar refractivity (Wildman–Crippen MR) is 45.6 cm³/mol. The lowest BCUT2D eigenvalue weighted by Gasteiger charge is -1.91. The third-order valence-corrected chi connectivity index (χ3v) is 1.88. The molecule has 0 unspecified atom stereocenters. The van der Waals surface area contributed by atoms with Gasteiger partial charge in [0.15, 0.2) is 0 Å². The first kappa shape index (κ1) is 6.56. The number of benzene rings is 1. The van der Waals surface area contributed by atoms with E-state index in [2.05, 4.69) is 37.1 Å². The predicted octanol–water partition coefficient (Wildman–Crippen LogP) is 2.25. The van der Waals surface area contributed by atoms with Crippen LogP contribution in [0, 0.1) is 6.92 Å². The van der Waals surface area contributed by atoms with E-state index < -0.39 is 0 Å². The van der Waals surface area contributed by atoms with Gasteiger partial charge in [0.1, 0.15) is 0 Å². The molecule has 0 aliphatic carbocycles. The molecular weight excluding hydrogens is 128 g/mol. The average Bonchev–Trinajstić information content (AvgIpc) is 1.90. The number of rotatable bonds is 1. The molecule has 0 amide bonds. The zero-order valence-corrected chi connectivity index (χ0v) is 6.36. The summed E-state index contributed by atoms with van der Waals surface area (Å²) in [4.78, 5) is 1.28. The molecular formula is C8H10S.